The molecule has 2 aromatic carbocycles. The molecule has 2 amide bonds. The molecule has 8 heteroatoms. The summed E-state index contributed by atoms with van der Waals surface area (Å²) in [5.74, 6) is -0.971. The number of nitrogens with zero attached hydrogens (tertiary/aromatic N) is 1. The topological polar surface area (TPSA) is 101 Å². The van der Waals surface area contributed by atoms with E-state index in [0.717, 1.165) is 5.56 Å². The molecule has 0 saturated heterocycles. The van der Waals surface area contributed by atoms with E-state index in [2.05, 4.69) is 10.6 Å². The Morgan fingerprint density at radius 1 is 1.19 bits per heavy atom. The monoisotopic (exact) mass is 373 g/mol. The van der Waals surface area contributed by atoms with Crippen molar-refractivity contribution in [2.45, 2.75) is 13.5 Å². The zero-order valence-corrected chi connectivity index (χ0v) is 14.6. The van der Waals surface area contributed by atoms with E-state index in [-0.39, 0.29) is 17.9 Å². The lowest BCUT2D eigenvalue weighted by atomic mass is 10.1. The van der Waals surface area contributed by atoms with Crippen molar-refractivity contribution in [1.82, 2.24) is 10.6 Å². The van der Waals surface area contributed by atoms with E-state index >= 15 is 0 Å². The molecule has 0 aromatic heterocycles. The van der Waals surface area contributed by atoms with Crippen molar-refractivity contribution in [2.75, 3.05) is 0 Å². The first-order valence-electron chi connectivity index (χ1n) is 7.62. The zero-order valence-electron chi connectivity index (χ0n) is 13.9. The number of carbonyl (C=O) groups excluding carboxylic acids is 2. The van der Waals surface area contributed by atoms with Crippen LogP contribution in [0.5, 0.6) is 0 Å². The standard InChI is InChI=1S/C18H16ClN3O4/c1-12(23)21-17(10-13-5-4-7-15(9-13)22(25)26)18(24)20-11-14-6-2-3-8-16(14)19/h2-10H,11H2,1H3,(H,20,24)(H,21,23)/b17-10+. The third kappa shape index (κ3) is 5.42. The first-order valence-corrected chi connectivity index (χ1v) is 8.00. The van der Waals surface area contributed by atoms with E-state index < -0.39 is 16.7 Å². The fourth-order valence-electron chi connectivity index (χ4n) is 2.16. The molecule has 0 aliphatic heterocycles. The molecule has 0 atom stereocenters. The molecule has 2 rings (SSSR count). The maximum absolute atomic E-state index is 12.4. The Balaban J connectivity index is 2.21. The van der Waals surface area contributed by atoms with E-state index in [1.54, 1.807) is 30.3 Å². The Labute approximate surface area is 154 Å². The molecule has 0 aliphatic rings. The lowest BCUT2D eigenvalue weighted by Gasteiger charge is -2.10. The molecular formula is C18H16ClN3O4. The summed E-state index contributed by atoms with van der Waals surface area (Å²) < 4.78 is 0. The summed E-state index contributed by atoms with van der Waals surface area (Å²) in [4.78, 5) is 34.1. The number of benzene rings is 2. The summed E-state index contributed by atoms with van der Waals surface area (Å²) in [7, 11) is 0. The summed E-state index contributed by atoms with van der Waals surface area (Å²) in [6.45, 7) is 1.44. The molecule has 0 fully saturated rings. The van der Waals surface area contributed by atoms with Gasteiger partial charge in [0.25, 0.3) is 11.6 Å². The number of halogens is 1. The Bertz CT molecular complexity index is 880. The van der Waals surface area contributed by atoms with Gasteiger partial charge in [-0.15, -0.1) is 0 Å². The normalized spacial score (nSPS) is 10.9. The molecule has 0 saturated carbocycles. The van der Waals surface area contributed by atoms with Gasteiger partial charge >= 0.3 is 0 Å². The Kier molecular flexibility index (Phi) is 6.46. The van der Waals surface area contributed by atoms with Gasteiger partial charge in [0.1, 0.15) is 5.70 Å². The third-order valence-corrected chi connectivity index (χ3v) is 3.71. The second-order valence-corrected chi connectivity index (χ2v) is 5.77. The predicted octanol–water partition coefficient (Wildman–Crippen LogP) is 3.04. The second-order valence-electron chi connectivity index (χ2n) is 5.37. The van der Waals surface area contributed by atoms with Crippen LogP contribution < -0.4 is 10.6 Å². The largest absolute Gasteiger partial charge is 0.347 e. The van der Waals surface area contributed by atoms with Crippen molar-refractivity contribution in [1.29, 1.82) is 0 Å². The van der Waals surface area contributed by atoms with Gasteiger partial charge < -0.3 is 10.6 Å². The minimum absolute atomic E-state index is 0.0231. The fraction of sp³-hybridized carbons (Fsp3) is 0.111. The van der Waals surface area contributed by atoms with Crippen molar-refractivity contribution in [3.63, 3.8) is 0 Å². The average Bonchev–Trinajstić information content (AvgIpc) is 2.60. The number of amides is 2. The number of nitro groups is 1. The van der Waals surface area contributed by atoms with Gasteiger partial charge in [-0.1, -0.05) is 41.9 Å². The maximum atomic E-state index is 12.4. The van der Waals surface area contributed by atoms with Gasteiger partial charge in [0, 0.05) is 30.6 Å². The van der Waals surface area contributed by atoms with Gasteiger partial charge in [-0.05, 0) is 23.3 Å². The van der Waals surface area contributed by atoms with E-state index in [9.17, 15) is 19.7 Å². The molecule has 0 heterocycles. The molecule has 2 N–H and O–H groups in total. The summed E-state index contributed by atoms with van der Waals surface area (Å²) in [6, 6.07) is 12.8. The Morgan fingerprint density at radius 3 is 2.58 bits per heavy atom. The Morgan fingerprint density at radius 2 is 1.92 bits per heavy atom. The van der Waals surface area contributed by atoms with Crippen molar-refractivity contribution >= 4 is 35.2 Å². The van der Waals surface area contributed by atoms with Crippen LogP contribution in [0.25, 0.3) is 6.08 Å². The summed E-state index contributed by atoms with van der Waals surface area (Å²) in [5.41, 5.74) is 0.998. The van der Waals surface area contributed by atoms with Crippen molar-refractivity contribution in [2.24, 2.45) is 0 Å². The summed E-state index contributed by atoms with van der Waals surface area (Å²) in [5, 5.41) is 16.5. The first-order chi connectivity index (χ1) is 12.4. The average molecular weight is 374 g/mol. The van der Waals surface area contributed by atoms with Gasteiger partial charge in [0.05, 0.1) is 4.92 Å². The molecule has 0 radical (unpaired) electrons. The molecule has 0 aliphatic carbocycles. The Hall–Kier alpha value is -3.19. The van der Waals surface area contributed by atoms with E-state index in [1.807, 2.05) is 0 Å². The minimum Gasteiger partial charge on any atom is -0.347 e. The SMILES string of the molecule is CC(=O)N/C(=C/c1cccc([N+](=O)[O-])c1)C(=O)NCc1ccccc1Cl. The van der Waals surface area contributed by atoms with Crippen molar-refractivity contribution in [3.05, 3.63) is 80.5 Å². The van der Waals surface area contributed by atoms with Gasteiger partial charge in [-0.2, -0.15) is 0 Å². The molecule has 2 aromatic rings. The van der Waals surface area contributed by atoms with E-state index in [4.69, 9.17) is 11.6 Å². The van der Waals surface area contributed by atoms with Crippen LogP contribution in [-0.4, -0.2) is 16.7 Å². The number of carbonyl (C=O) groups is 2. The molecule has 134 valence electrons. The number of rotatable bonds is 6. The number of hydrogen-bond acceptors (Lipinski definition) is 4. The van der Waals surface area contributed by atoms with Gasteiger partial charge in [-0.3, -0.25) is 19.7 Å². The summed E-state index contributed by atoms with van der Waals surface area (Å²) in [6.07, 6.45) is 1.37. The highest BCUT2D eigenvalue weighted by molar-refractivity contribution is 6.31. The molecular weight excluding hydrogens is 358 g/mol. The van der Waals surface area contributed by atoms with Crippen LogP contribution in [-0.2, 0) is 16.1 Å². The predicted molar refractivity (Wildman–Crippen MR) is 98.2 cm³/mol. The highest BCUT2D eigenvalue weighted by Crippen LogP contribution is 2.16. The zero-order chi connectivity index (χ0) is 19.1. The number of non-ortho nitro benzene ring substituents is 1. The summed E-state index contributed by atoms with van der Waals surface area (Å²) >= 11 is 6.05. The van der Waals surface area contributed by atoms with Gasteiger partial charge in [0.15, 0.2) is 0 Å². The number of nitro benzene ring substituents is 1. The molecule has 26 heavy (non-hydrogen) atoms. The smallest absolute Gasteiger partial charge is 0.270 e. The van der Waals surface area contributed by atoms with E-state index in [1.165, 1.54) is 31.2 Å². The third-order valence-electron chi connectivity index (χ3n) is 3.34. The van der Waals surface area contributed by atoms with Crippen molar-refractivity contribution < 1.29 is 14.5 Å². The van der Waals surface area contributed by atoms with Gasteiger partial charge in [0.2, 0.25) is 5.91 Å². The minimum atomic E-state index is -0.536. The van der Waals surface area contributed by atoms with Crippen LogP contribution in [0.1, 0.15) is 18.1 Å². The first kappa shape index (κ1) is 19.1. The maximum Gasteiger partial charge on any atom is 0.270 e. The lowest BCUT2D eigenvalue weighted by Crippen LogP contribution is -2.33. The molecule has 7 nitrogen and oxygen atoms in total. The fourth-order valence-corrected chi connectivity index (χ4v) is 2.36. The van der Waals surface area contributed by atoms with Crippen LogP contribution in [0.4, 0.5) is 5.69 Å². The van der Waals surface area contributed by atoms with Crippen LogP contribution in [0.3, 0.4) is 0 Å². The second kappa shape index (κ2) is 8.77. The quantitative estimate of drug-likeness (QED) is 0.461. The van der Waals surface area contributed by atoms with Crippen LogP contribution in [0, 0.1) is 10.1 Å². The molecule has 0 unspecified atom stereocenters. The highest BCUT2D eigenvalue weighted by Gasteiger charge is 2.13. The lowest BCUT2D eigenvalue weighted by molar-refractivity contribution is -0.384. The van der Waals surface area contributed by atoms with Crippen LogP contribution in [0.15, 0.2) is 54.2 Å². The van der Waals surface area contributed by atoms with E-state index in [0.29, 0.717) is 10.6 Å². The highest BCUT2D eigenvalue weighted by atomic mass is 35.5. The molecule has 0 spiro atoms. The van der Waals surface area contributed by atoms with Gasteiger partial charge in [-0.25, -0.2) is 0 Å². The van der Waals surface area contributed by atoms with Crippen LogP contribution in [0.2, 0.25) is 5.02 Å². The molecule has 0 bridgehead atoms. The number of hydrogen-bond donors (Lipinski definition) is 2. The van der Waals surface area contributed by atoms with Crippen molar-refractivity contribution in [3.8, 4) is 0 Å². The number of nitrogens with one attached hydrogen (secondary N) is 2. The van der Waals surface area contributed by atoms with Crippen LogP contribution >= 0.6 is 11.6 Å².